The van der Waals surface area contributed by atoms with Crippen LogP contribution in [0.25, 0.3) is 0 Å². The van der Waals surface area contributed by atoms with Crippen LogP contribution >= 0.6 is 0 Å². The van der Waals surface area contributed by atoms with Crippen LogP contribution in [0.1, 0.15) is 30.9 Å². The van der Waals surface area contributed by atoms with Gasteiger partial charge in [0.2, 0.25) is 0 Å². The van der Waals surface area contributed by atoms with Crippen molar-refractivity contribution in [1.82, 2.24) is 0 Å². The Bertz CT molecular complexity index is 287. The first kappa shape index (κ1) is 10.4. The Morgan fingerprint density at radius 2 is 1.77 bits per heavy atom. The molecule has 0 nitrogen and oxygen atoms in total. The van der Waals surface area contributed by atoms with E-state index in [1.54, 1.807) is 0 Å². The zero-order valence-electron chi connectivity index (χ0n) is 9.39. The predicted molar refractivity (Wildman–Crippen MR) is 62.4 cm³/mol. The largest absolute Gasteiger partial charge is 0.169 e. The Hall–Kier alpha value is -0.715. The lowest BCUT2D eigenvalue weighted by Gasteiger charge is -2.12. The lowest BCUT2D eigenvalue weighted by Crippen LogP contribution is -2.25. The fourth-order valence-corrected chi connectivity index (χ4v) is 1.64. The maximum absolute atomic E-state index is 2.35. The van der Waals surface area contributed by atoms with Gasteiger partial charge in [0.1, 0.15) is 0 Å². The van der Waals surface area contributed by atoms with Gasteiger partial charge in [0.15, 0.2) is 6.71 Å². The van der Waals surface area contributed by atoms with Gasteiger partial charge in [0, 0.05) is 0 Å². The van der Waals surface area contributed by atoms with Gasteiger partial charge >= 0.3 is 0 Å². The molecule has 0 atom stereocenters. The minimum Gasteiger partial charge on any atom is -0.0819 e. The Morgan fingerprint density at radius 1 is 1.15 bits per heavy atom. The summed E-state index contributed by atoms with van der Waals surface area (Å²) in [5.74, 6) is 0.637. The van der Waals surface area contributed by atoms with Crippen molar-refractivity contribution in [2.24, 2.45) is 0 Å². The van der Waals surface area contributed by atoms with Gasteiger partial charge in [-0.25, -0.2) is 0 Å². The quantitative estimate of drug-likeness (QED) is 0.604. The van der Waals surface area contributed by atoms with Crippen LogP contribution in [0.15, 0.2) is 18.2 Å². The molecule has 70 valence electrons. The first-order valence-corrected chi connectivity index (χ1v) is 5.12. The van der Waals surface area contributed by atoms with Crippen molar-refractivity contribution >= 4 is 12.2 Å². The molecule has 0 bridgehead atoms. The standard InChI is InChI=1S/C12H19B/c1-9(2)11-7-6-10(3)12(8-11)13(4)5/h6-9H,1-5H3. The molecular formula is C12H19B. The fraction of sp³-hybridized carbons (Fsp3) is 0.500. The number of rotatable bonds is 2. The van der Waals surface area contributed by atoms with E-state index in [4.69, 9.17) is 0 Å². The summed E-state index contributed by atoms with van der Waals surface area (Å²) in [4.78, 5) is 0. The minimum atomic E-state index is 0.637. The summed E-state index contributed by atoms with van der Waals surface area (Å²) in [6.07, 6.45) is 0. The molecule has 1 rings (SSSR count). The molecule has 0 heterocycles. The molecule has 0 aliphatic carbocycles. The number of benzene rings is 1. The van der Waals surface area contributed by atoms with Crippen LogP contribution in [0, 0.1) is 6.92 Å². The predicted octanol–water partition coefficient (Wildman–Crippen LogP) is 3.08. The van der Waals surface area contributed by atoms with E-state index in [2.05, 4.69) is 52.6 Å². The van der Waals surface area contributed by atoms with Gasteiger partial charge < -0.3 is 0 Å². The molecule has 0 unspecified atom stereocenters. The maximum Gasteiger partial charge on any atom is 0.169 e. The van der Waals surface area contributed by atoms with Gasteiger partial charge in [-0.2, -0.15) is 0 Å². The number of hydrogen-bond acceptors (Lipinski definition) is 0. The van der Waals surface area contributed by atoms with Crippen molar-refractivity contribution in [2.75, 3.05) is 0 Å². The number of hydrogen-bond donors (Lipinski definition) is 0. The SMILES string of the molecule is CB(C)c1cc(C(C)C)ccc1C. The third kappa shape index (κ3) is 2.36. The van der Waals surface area contributed by atoms with Crippen LogP contribution in [-0.2, 0) is 0 Å². The molecule has 0 aromatic heterocycles. The van der Waals surface area contributed by atoms with Crippen LogP contribution in [0.3, 0.4) is 0 Å². The van der Waals surface area contributed by atoms with Crippen molar-refractivity contribution in [3.63, 3.8) is 0 Å². The highest BCUT2D eigenvalue weighted by Crippen LogP contribution is 2.13. The van der Waals surface area contributed by atoms with E-state index >= 15 is 0 Å². The summed E-state index contributed by atoms with van der Waals surface area (Å²) >= 11 is 0. The summed E-state index contributed by atoms with van der Waals surface area (Å²) in [6, 6.07) is 6.83. The second-order valence-corrected chi connectivity index (χ2v) is 4.43. The summed E-state index contributed by atoms with van der Waals surface area (Å²) in [7, 11) is 0. The molecule has 0 N–H and O–H groups in total. The average Bonchev–Trinajstić information content (AvgIpc) is 2.04. The molecule has 1 aromatic carbocycles. The van der Waals surface area contributed by atoms with Crippen molar-refractivity contribution < 1.29 is 0 Å². The topological polar surface area (TPSA) is 0 Å². The zero-order valence-corrected chi connectivity index (χ0v) is 9.39. The molecule has 0 amide bonds. The lowest BCUT2D eigenvalue weighted by molar-refractivity contribution is 0.867. The highest BCUT2D eigenvalue weighted by atomic mass is 14.0. The van der Waals surface area contributed by atoms with Gasteiger partial charge in [0.05, 0.1) is 0 Å². The minimum absolute atomic E-state index is 0.637. The Kier molecular flexibility index (Phi) is 3.19. The third-order valence-corrected chi connectivity index (χ3v) is 2.59. The molecule has 0 aliphatic heterocycles. The fourth-order valence-electron chi connectivity index (χ4n) is 1.64. The third-order valence-electron chi connectivity index (χ3n) is 2.59. The van der Waals surface area contributed by atoms with Crippen LogP contribution < -0.4 is 5.46 Å². The molecule has 13 heavy (non-hydrogen) atoms. The first-order valence-electron chi connectivity index (χ1n) is 5.12. The van der Waals surface area contributed by atoms with Gasteiger partial charge in [0.25, 0.3) is 0 Å². The molecule has 1 aromatic rings. The van der Waals surface area contributed by atoms with Gasteiger partial charge in [-0.3, -0.25) is 0 Å². The molecule has 0 fully saturated rings. The highest BCUT2D eigenvalue weighted by Gasteiger charge is 2.08. The highest BCUT2D eigenvalue weighted by molar-refractivity contribution is 6.71. The summed E-state index contributed by atoms with van der Waals surface area (Å²) in [5.41, 5.74) is 4.36. The van der Waals surface area contributed by atoms with Crippen molar-refractivity contribution in [3.05, 3.63) is 29.3 Å². The van der Waals surface area contributed by atoms with E-state index in [0.717, 1.165) is 0 Å². The molecule has 1 heteroatoms. The van der Waals surface area contributed by atoms with E-state index < -0.39 is 0 Å². The van der Waals surface area contributed by atoms with Crippen LogP contribution in [0.5, 0.6) is 0 Å². The molecule has 0 saturated heterocycles. The van der Waals surface area contributed by atoms with Crippen LogP contribution in [0.2, 0.25) is 13.6 Å². The van der Waals surface area contributed by atoms with Gasteiger partial charge in [-0.1, -0.05) is 56.7 Å². The molecule has 0 spiro atoms. The second-order valence-electron chi connectivity index (χ2n) is 4.43. The van der Waals surface area contributed by atoms with Crippen LogP contribution in [0.4, 0.5) is 0 Å². The van der Waals surface area contributed by atoms with E-state index in [1.165, 1.54) is 16.6 Å². The second kappa shape index (κ2) is 4.00. The Balaban J connectivity index is 3.11. The smallest absolute Gasteiger partial charge is 0.0819 e. The molecule has 0 aliphatic rings. The maximum atomic E-state index is 2.35. The van der Waals surface area contributed by atoms with Gasteiger partial charge in [-0.15, -0.1) is 0 Å². The van der Waals surface area contributed by atoms with E-state index in [1.807, 2.05) is 0 Å². The Labute approximate surface area is 82.4 Å². The molecule has 0 saturated carbocycles. The summed E-state index contributed by atoms with van der Waals surface area (Å²) in [5, 5.41) is 0. The van der Waals surface area contributed by atoms with E-state index in [9.17, 15) is 0 Å². The van der Waals surface area contributed by atoms with Crippen molar-refractivity contribution in [1.29, 1.82) is 0 Å². The Morgan fingerprint density at radius 3 is 2.23 bits per heavy atom. The van der Waals surface area contributed by atoms with E-state index in [-0.39, 0.29) is 0 Å². The van der Waals surface area contributed by atoms with Crippen molar-refractivity contribution in [3.8, 4) is 0 Å². The monoisotopic (exact) mass is 174 g/mol. The zero-order chi connectivity index (χ0) is 10.0. The normalized spacial score (nSPS) is 10.6. The summed E-state index contributed by atoms with van der Waals surface area (Å²) in [6.45, 7) is 11.8. The molecular weight excluding hydrogens is 155 g/mol. The first-order chi connectivity index (χ1) is 6.02. The van der Waals surface area contributed by atoms with Crippen molar-refractivity contribution in [2.45, 2.75) is 40.3 Å². The summed E-state index contributed by atoms with van der Waals surface area (Å²) < 4.78 is 0. The van der Waals surface area contributed by atoms with Gasteiger partial charge in [-0.05, 0) is 18.4 Å². The van der Waals surface area contributed by atoms with Crippen LogP contribution in [-0.4, -0.2) is 6.71 Å². The average molecular weight is 174 g/mol. The molecule has 0 radical (unpaired) electrons. The number of aryl methyl sites for hydroxylation is 1. The lowest BCUT2D eigenvalue weighted by atomic mass is 9.48. The van der Waals surface area contributed by atoms with E-state index in [0.29, 0.717) is 12.6 Å².